The Kier molecular flexibility index (Phi) is 3.88. The fourth-order valence-corrected chi connectivity index (χ4v) is 3.16. The maximum atomic E-state index is 11.5. The second kappa shape index (κ2) is 5.10. The molecule has 1 aromatic carbocycles. The van der Waals surface area contributed by atoms with Gasteiger partial charge in [0.25, 0.3) is 0 Å². The Morgan fingerprint density at radius 2 is 1.89 bits per heavy atom. The van der Waals surface area contributed by atoms with Gasteiger partial charge < -0.3 is 5.32 Å². The Morgan fingerprint density at radius 1 is 1.28 bits per heavy atom. The summed E-state index contributed by atoms with van der Waals surface area (Å²) < 4.78 is 0. The van der Waals surface area contributed by atoms with Crippen LogP contribution in [-0.2, 0) is 11.2 Å². The fourth-order valence-electron chi connectivity index (χ4n) is 2.59. The first-order valence-electron chi connectivity index (χ1n) is 6.17. The van der Waals surface area contributed by atoms with Crippen molar-refractivity contribution in [3.8, 4) is 0 Å². The molecule has 2 rings (SSSR count). The first kappa shape index (κ1) is 13.7. The van der Waals surface area contributed by atoms with Crippen molar-refractivity contribution in [1.82, 2.24) is 5.32 Å². The van der Waals surface area contributed by atoms with E-state index in [-0.39, 0.29) is 11.4 Å². The Hall–Kier alpha value is -0.730. The summed E-state index contributed by atoms with van der Waals surface area (Å²) in [4.78, 5) is 11.5. The van der Waals surface area contributed by atoms with Gasteiger partial charge in [-0.1, -0.05) is 37.0 Å². The topological polar surface area (TPSA) is 29.1 Å². The molecule has 0 bridgehead atoms. The van der Waals surface area contributed by atoms with E-state index in [1.165, 1.54) is 0 Å². The molecule has 0 spiro atoms. The number of nitrogens with one attached hydrogen (secondary N) is 1. The van der Waals surface area contributed by atoms with Crippen LogP contribution in [0.4, 0.5) is 0 Å². The third-order valence-corrected chi connectivity index (χ3v) is 4.17. The molecular weight excluding hydrogens is 269 g/mol. The van der Waals surface area contributed by atoms with E-state index in [2.05, 4.69) is 19.2 Å². The van der Waals surface area contributed by atoms with Crippen LogP contribution in [0.1, 0.15) is 32.3 Å². The van der Waals surface area contributed by atoms with Crippen LogP contribution < -0.4 is 5.32 Å². The molecule has 1 atom stereocenters. The van der Waals surface area contributed by atoms with E-state index in [9.17, 15) is 4.79 Å². The molecule has 1 N–H and O–H groups in total. The third kappa shape index (κ3) is 2.81. The van der Waals surface area contributed by atoms with Crippen molar-refractivity contribution in [2.75, 3.05) is 0 Å². The van der Waals surface area contributed by atoms with E-state index in [0.29, 0.717) is 22.4 Å². The van der Waals surface area contributed by atoms with Gasteiger partial charge >= 0.3 is 0 Å². The Labute approximate surface area is 118 Å². The van der Waals surface area contributed by atoms with Crippen LogP contribution in [0.25, 0.3) is 0 Å². The summed E-state index contributed by atoms with van der Waals surface area (Å²) in [6.45, 7) is 4.27. The molecule has 0 aromatic heterocycles. The highest BCUT2D eigenvalue weighted by molar-refractivity contribution is 6.34. The average Bonchev–Trinajstić information content (AvgIpc) is 2.59. The van der Waals surface area contributed by atoms with Crippen molar-refractivity contribution in [3.05, 3.63) is 33.8 Å². The molecule has 1 unspecified atom stereocenters. The standard InChI is InChI=1S/C14H17Cl2NO/c1-9(2)14(4-3-13(18)17-14)8-10-5-11(15)7-12(16)6-10/h5-7,9H,3-4,8H2,1-2H3,(H,17,18). The summed E-state index contributed by atoms with van der Waals surface area (Å²) in [7, 11) is 0. The van der Waals surface area contributed by atoms with Crippen molar-refractivity contribution in [1.29, 1.82) is 0 Å². The molecule has 1 amide bonds. The quantitative estimate of drug-likeness (QED) is 0.898. The predicted octanol–water partition coefficient (Wildman–Crippen LogP) is 3.84. The second-order valence-corrected chi connectivity index (χ2v) is 6.19. The summed E-state index contributed by atoms with van der Waals surface area (Å²) in [6, 6.07) is 5.56. The Morgan fingerprint density at radius 3 is 2.33 bits per heavy atom. The van der Waals surface area contributed by atoms with Gasteiger partial charge in [0, 0.05) is 22.0 Å². The lowest BCUT2D eigenvalue weighted by Crippen LogP contribution is -2.48. The van der Waals surface area contributed by atoms with Crippen LogP contribution in [0.15, 0.2) is 18.2 Å². The van der Waals surface area contributed by atoms with Gasteiger partial charge in [-0.3, -0.25) is 4.79 Å². The molecule has 0 saturated carbocycles. The molecule has 1 fully saturated rings. The molecule has 1 aromatic rings. The van der Waals surface area contributed by atoms with E-state index in [0.717, 1.165) is 18.4 Å². The summed E-state index contributed by atoms with van der Waals surface area (Å²) in [5.41, 5.74) is 0.911. The van der Waals surface area contributed by atoms with Gasteiger partial charge in [0.2, 0.25) is 5.91 Å². The van der Waals surface area contributed by atoms with Crippen LogP contribution in [0.2, 0.25) is 10.0 Å². The van der Waals surface area contributed by atoms with Crippen LogP contribution >= 0.6 is 23.2 Å². The zero-order chi connectivity index (χ0) is 13.3. The van der Waals surface area contributed by atoms with Crippen molar-refractivity contribution in [2.24, 2.45) is 5.92 Å². The number of hydrogen-bond donors (Lipinski definition) is 1. The number of rotatable bonds is 3. The number of amides is 1. The lowest BCUT2D eigenvalue weighted by Gasteiger charge is -2.33. The zero-order valence-corrected chi connectivity index (χ0v) is 12.1. The van der Waals surface area contributed by atoms with Crippen LogP contribution in [0, 0.1) is 5.92 Å². The average molecular weight is 286 g/mol. The number of carbonyl (C=O) groups excluding carboxylic acids is 1. The molecule has 0 aliphatic carbocycles. The summed E-state index contributed by atoms with van der Waals surface area (Å²) in [5, 5.41) is 4.41. The molecule has 1 saturated heterocycles. The largest absolute Gasteiger partial charge is 0.350 e. The molecule has 1 heterocycles. The minimum absolute atomic E-state index is 0.136. The van der Waals surface area contributed by atoms with Crippen molar-refractivity contribution < 1.29 is 4.79 Å². The molecule has 1 aliphatic rings. The first-order chi connectivity index (χ1) is 8.41. The lowest BCUT2D eigenvalue weighted by atomic mass is 9.80. The van der Waals surface area contributed by atoms with Gasteiger partial charge in [0.1, 0.15) is 0 Å². The molecule has 98 valence electrons. The van der Waals surface area contributed by atoms with Gasteiger partial charge in [0.05, 0.1) is 0 Å². The maximum Gasteiger partial charge on any atom is 0.220 e. The van der Waals surface area contributed by atoms with Gasteiger partial charge in [-0.25, -0.2) is 0 Å². The fraction of sp³-hybridized carbons (Fsp3) is 0.500. The van der Waals surface area contributed by atoms with Gasteiger partial charge in [-0.2, -0.15) is 0 Å². The highest BCUT2D eigenvalue weighted by Gasteiger charge is 2.40. The van der Waals surface area contributed by atoms with Crippen LogP contribution in [0.3, 0.4) is 0 Å². The highest BCUT2D eigenvalue weighted by atomic mass is 35.5. The highest BCUT2D eigenvalue weighted by Crippen LogP contribution is 2.33. The monoisotopic (exact) mass is 285 g/mol. The van der Waals surface area contributed by atoms with Crippen molar-refractivity contribution in [2.45, 2.75) is 38.6 Å². The van der Waals surface area contributed by atoms with Gasteiger partial charge in [0.15, 0.2) is 0 Å². The molecule has 1 aliphatic heterocycles. The minimum Gasteiger partial charge on any atom is -0.350 e. The second-order valence-electron chi connectivity index (χ2n) is 5.31. The van der Waals surface area contributed by atoms with Crippen molar-refractivity contribution >= 4 is 29.1 Å². The van der Waals surface area contributed by atoms with Gasteiger partial charge in [-0.15, -0.1) is 0 Å². The van der Waals surface area contributed by atoms with E-state index in [1.807, 2.05) is 12.1 Å². The molecule has 2 nitrogen and oxygen atoms in total. The Bertz CT molecular complexity index is 453. The number of halogens is 2. The lowest BCUT2D eigenvalue weighted by molar-refractivity contribution is -0.120. The molecule has 4 heteroatoms. The number of carbonyl (C=O) groups is 1. The van der Waals surface area contributed by atoms with E-state index in [1.54, 1.807) is 6.07 Å². The first-order valence-corrected chi connectivity index (χ1v) is 6.93. The normalized spacial score (nSPS) is 23.5. The SMILES string of the molecule is CC(C)C1(Cc2cc(Cl)cc(Cl)c2)CCC(=O)N1. The molecule has 18 heavy (non-hydrogen) atoms. The predicted molar refractivity (Wildman–Crippen MR) is 75.1 cm³/mol. The minimum atomic E-state index is -0.162. The van der Waals surface area contributed by atoms with E-state index in [4.69, 9.17) is 23.2 Å². The molecule has 0 radical (unpaired) electrons. The van der Waals surface area contributed by atoms with E-state index >= 15 is 0 Å². The third-order valence-electron chi connectivity index (χ3n) is 3.73. The zero-order valence-electron chi connectivity index (χ0n) is 10.6. The van der Waals surface area contributed by atoms with E-state index < -0.39 is 0 Å². The van der Waals surface area contributed by atoms with Crippen LogP contribution in [0.5, 0.6) is 0 Å². The number of hydrogen-bond acceptors (Lipinski definition) is 1. The summed E-state index contributed by atoms with van der Waals surface area (Å²) in [5.74, 6) is 0.513. The smallest absolute Gasteiger partial charge is 0.220 e. The van der Waals surface area contributed by atoms with Crippen LogP contribution in [-0.4, -0.2) is 11.4 Å². The number of benzene rings is 1. The molecular formula is C14H17Cl2NO. The van der Waals surface area contributed by atoms with Crippen molar-refractivity contribution in [3.63, 3.8) is 0 Å². The summed E-state index contributed by atoms with van der Waals surface area (Å²) >= 11 is 12.0. The van der Waals surface area contributed by atoms with Gasteiger partial charge in [-0.05, 0) is 42.5 Å². The Balaban J connectivity index is 2.27. The maximum absolute atomic E-state index is 11.5. The summed E-state index contributed by atoms with van der Waals surface area (Å²) in [6.07, 6.45) is 2.25.